The van der Waals surface area contributed by atoms with Crippen molar-refractivity contribution in [3.05, 3.63) is 28.8 Å². The van der Waals surface area contributed by atoms with Gasteiger partial charge in [0.2, 0.25) is 15.9 Å². The van der Waals surface area contributed by atoms with E-state index in [4.69, 9.17) is 0 Å². The van der Waals surface area contributed by atoms with Crippen LogP contribution in [0.4, 0.5) is 0 Å². The number of amides is 1. The Morgan fingerprint density at radius 1 is 1.08 bits per heavy atom. The summed E-state index contributed by atoms with van der Waals surface area (Å²) in [6, 6.07) is 3.22. The van der Waals surface area contributed by atoms with Crippen LogP contribution in [-0.2, 0) is 14.8 Å². The van der Waals surface area contributed by atoms with Crippen molar-refractivity contribution in [1.29, 1.82) is 0 Å². The van der Waals surface area contributed by atoms with Gasteiger partial charge in [0.1, 0.15) is 6.04 Å². The van der Waals surface area contributed by atoms with Gasteiger partial charge in [0.25, 0.3) is 0 Å². The summed E-state index contributed by atoms with van der Waals surface area (Å²) in [6.45, 7) is 8.85. The molecule has 2 fully saturated rings. The molecule has 1 N–H and O–H groups in total. The Labute approximate surface area is 150 Å². The van der Waals surface area contributed by atoms with Crippen molar-refractivity contribution in [2.45, 2.75) is 44.6 Å². The van der Waals surface area contributed by atoms with Crippen LogP contribution >= 0.6 is 0 Å². The van der Waals surface area contributed by atoms with Crippen LogP contribution < -0.4 is 5.32 Å². The van der Waals surface area contributed by atoms with E-state index in [0.29, 0.717) is 31.0 Å². The number of sulfonamides is 1. The van der Waals surface area contributed by atoms with Gasteiger partial charge >= 0.3 is 0 Å². The highest BCUT2D eigenvalue weighted by Crippen LogP contribution is 2.31. The highest BCUT2D eigenvalue weighted by atomic mass is 32.2. The minimum atomic E-state index is -3.68. The molecule has 0 radical (unpaired) electrons. The van der Waals surface area contributed by atoms with Gasteiger partial charge in [-0.2, -0.15) is 4.31 Å². The van der Waals surface area contributed by atoms with Crippen molar-refractivity contribution in [2.24, 2.45) is 0 Å². The average molecular weight is 365 g/mol. The van der Waals surface area contributed by atoms with E-state index < -0.39 is 16.1 Å². The molecule has 2 aliphatic heterocycles. The minimum absolute atomic E-state index is 0.0509. The fourth-order valence-electron chi connectivity index (χ4n) is 4.06. The lowest BCUT2D eigenvalue weighted by Gasteiger charge is -2.33. The Kier molecular flexibility index (Phi) is 5.18. The highest BCUT2D eigenvalue weighted by Gasteiger charge is 2.42. The Bertz CT molecular complexity index is 747. The molecular formula is C18H27N3O3S. The minimum Gasteiger partial charge on any atom is -0.339 e. The topological polar surface area (TPSA) is 69.7 Å². The van der Waals surface area contributed by atoms with Gasteiger partial charge in [0.15, 0.2) is 0 Å². The van der Waals surface area contributed by atoms with Gasteiger partial charge in [-0.15, -0.1) is 0 Å². The summed E-state index contributed by atoms with van der Waals surface area (Å²) in [7, 11) is -3.68. The Morgan fingerprint density at radius 3 is 2.28 bits per heavy atom. The maximum atomic E-state index is 13.3. The molecule has 2 saturated heterocycles. The van der Waals surface area contributed by atoms with Gasteiger partial charge in [0.05, 0.1) is 4.90 Å². The van der Waals surface area contributed by atoms with Gasteiger partial charge in [-0.1, -0.05) is 17.7 Å². The highest BCUT2D eigenvalue weighted by molar-refractivity contribution is 7.89. The van der Waals surface area contributed by atoms with E-state index in [1.807, 2.05) is 32.9 Å². The monoisotopic (exact) mass is 365 g/mol. The molecule has 1 atom stereocenters. The molecule has 0 bridgehead atoms. The first-order chi connectivity index (χ1) is 11.8. The second kappa shape index (κ2) is 7.05. The standard InChI is InChI=1S/C18H27N3O3S/c1-13-11-14(2)17(15(3)12-13)25(23,24)21-8-4-5-16(21)18(22)20-9-6-19-7-10-20/h11-12,16,19H,4-10H2,1-3H3. The molecular weight excluding hydrogens is 338 g/mol. The third-order valence-corrected chi connectivity index (χ3v) is 7.30. The van der Waals surface area contributed by atoms with Crippen molar-refractivity contribution < 1.29 is 13.2 Å². The van der Waals surface area contributed by atoms with Crippen molar-refractivity contribution >= 4 is 15.9 Å². The molecule has 0 spiro atoms. The molecule has 0 aromatic heterocycles. The average Bonchev–Trinajstić information content (AvgIpc) is 3.04. The molecule has 1 aromatic rings. The third kappa shape index (κ3) is 3.45. The number of carbonyl (C=O) groups excluding carboxylic acids is 1. The number of hydrogen-bond acceptors (Lipinski definition) is 4. The number of nitrogens with one attached hydrogen (secondary N) is 1. The summed E-state index contributed by atoms with van der Waals surface area (Å²) < 4.78 is 28.1. The smallest absolute Gasteiger partial charge is 0.244 e. The van der Waals surface area contributed by atoms with E-state index >= 15 is 0 Å². The number of hydrogen-bond donors (Lipinski definition) is 1. The van der Waals surface area contributed by atoms with Crippen LogP contribution in [0.3, 0.4) is 0 Å². The lowest BCUT2D eigenvalue weighted by Crippen LogP contribution is -2.53. The SMILES string of the molecule is Cc1cc(C)c(S(=O)(=O)N2CCCC2C(=O)N2CCNCC2)c(C)c1. The Morgan fingerprint density at radius 2 is 1.68 bits per heavy atom. The molecule has 7 heteroatoms. The van der Waals surface area contributed by atoms with Crippen molar-refractivity contribution in [3.63, 3.8) is 0 Å². The lowest BCUT2D eigenvalue weighted by atomic mass is 10.1. The van der Waals surface area contributed by atoms with Crippen molar-refractivity contribution in [3.8, 4) is 0 Å². The Balaban J connectivity index is 1.92. The van der Waals surface area contributed by atoms with E-state index in [2.05, 4.69) is 5.32 Å². The van der Waals surface area contributed by atoms with Gasteiger partial charge in [-0.05, 0) is 44.7 Å². The van der Waals surface area contributed by atoms with E-state index in [1.165, 1.54) is 4.31 Å². The van der Waals surface area contributed by atoms with Gasteiger partial charge in [-0.3, -0.25) is 4.79 Å². The number of rotatable bonds is 3. The second-order valence-corrected chi connectivity index (χ2v) is 8.90. The van der Waals surface area contributed by atoms with Gasteiger partial charge in [-0.25, -0.2) is 8.42 Å². The zero-order chi connectivity index (χ0) is 18.2. The first kappa shape index (κ1) is 18.4. The maximum absolute atomic E-state index is 13.3. The molecule has 1 aromatic carbocycles. The molecule has 1 amide bonds. The third-order valence-electron chi connectivity index (χ3n) is 5.09. The Hall–Kier alpha value is -1.44. The molecule has 0 aliphatic carbocycles. The fourth-order valence-corrected chi connectivity index (χ4v) is 6.13. The van der Waals surface area contributed by atoms with Crippen LogP contribution in [0, 0.1) is 20.8 Å². The molecule has 1 unspecified atom stereocenters. The zero-order valence-corrected chi connectivity index (χ0v) is 16.0. The predicted molar refractivity (Wildman–Crippen MR) is 97.0 cm³/mol. The molecule has 25 heavy (non-hydrogen) atoms. The van der Waals surface area contributed by atoms with Gasteiger partial charge in [0, 0.05) is 32.7 Å². The van der Waals surface area contributed by atoms with Crippen LogP contribution in [0.15, 0.2) is 17.0 Å². The van der Waals surface area contributed by atoms with Crippen LogP contribution in [0.2, 0.25) is 0 Å². The fraction of sp³-hybridized carbons (Fsp3) is 0.611. The first-order valence-corrected chi connectivity index (χ1v) is 10.4. The summed E-state index contributed by atoms with van der Waals surface area (Å²) in [6.07, 6.45) is 1.33. The summed E-state index contributed by atoms with van der Waals surface area (Å²) in [4.78, 5) is 15.1. The number of nitrogens with zero attached hydrogens (tertiary/aromatic N) is 2. The van der Waals surface area contributed by atoms with Crippen LogP contribution in [0.25, 0.3) is 0 Å². The van der Waals surface area contributed by atoms with Gasteiger partial charge < -0.3 is 10.2 Å². The largest absolute Gasteiger partial charge is 0.339 e. The normalized spacial score (nSPS) is 22.4. The van der Waals surface area contributed by atoms with E-state index in [-0.39, 0.29) is 5.91 Å². The molecule has 2 aliphatic rings. The van der Waals surface area contributed by atoms with Crippen molar-refractivity contribution in [2.75, 3.05) is 32.7 Å². The molecule has 6 nitrogen and oxygen atoms in total. The molecule has 0 saturated carbocycles. The number of benzene rings is 1. The number of piperazine rings is 1. The van der Waals surface area contributed by atoms with Crippen molar-refractivity contribution in [1.82, 2.24) is 14.5 Å². The summed E-state index contributed by atoms with van der Waals surface area (Å²) in [5.41, 5.74) is 2.54. The summed E-state index contributed by atoms with van der Waals surface area (Å²) >= 11 is 0. The molecule has 2 heterocycles. The number of aryl methyl sites for hydroxylation is 3. The second-order valence-electron chi connectivity index (χ2n) is 7.08. The summed E-state index contributed by atoms with van der Waals surface area (Å²) in [5, 5.41) is 3.22. The maximum Gasteiger partial charge on any atom is 0.244 e. The van der Waals surface area contributed by atoms with E-state index in [1.54, 1.807) is 4.90 Å². The van der Waals surface area contributed by atoms with Crippen LogP contribution in [0.5, 0.6) is 0 Å². The number of carbonyl (C=O) groups is 1. The molecule has 138 valence electrons. The quantitative estimate of drug-likeness (QED) is 0.874. The predicted octanol–water partition coefficient (Wildman–Crippen LogP) is 1.20. The summed E-state index contributed by atoms with van der Waals surface area (Å²) in [5.74, 6) is -0.0509. The van der Waals surface area contributed by atoms with Crippen LogP contribution in [-0.4, -0.2) is 62.3 Å². The van der Waals surface area contributed by atoms with Crippen LogP contribution in [0.1, 0.15) is 29.5 Å². The van der Waals surface area contributed by atoms with E-state index in [9.17, 15) is 13.2 Å². The van der Waals surface area contributed by atoms with E-state index in [0.717, 1.165) is 36.2 Å². The first-order valence-electron chi connectivity index (χ1n) is 8.91. The molecule has 3 rings (SSSR count). The lowest BCUT2D eigenvalue weighted by molar-refractivity contribution is -0.135. The zero-order valence-electron chi connectivity index (χ0n) is 15.2.